The predicted octanol–water partition coefficient (Wildman–Crippen LogP) is 2.97. The van der Waals surface area contributed by atoms with Crippen LogP contribution in [-0.2, 0) is 20.9 Å². The number of benzene rings is 2. The maximum absolute atomic E-state index is 11.9. The summed E-state index contributed by atoms with van der Waals surface area (Å²) >= 11 is 0. The van der Waals surface area contributed by atoms with E-state index in [1.807, 2.05) is 60.7 Å². The lowest BCUT2D eigenvalue weighted by molar-refractivity contribution is -0.119. The summed E-state index contributed by atoms with van der Waals surface area (Å²) in [5, 5.41) is 2.83. The number of nitrogens with one attached hydrogen (secondary N) is 1. The van der Waals surface area contributed by atoms with E-state index in [0.717, 1.165) is 11.1 Å². The van der Waals surface area contributed by atoms with Crippen molar-refractivity contribution in [1.29, 1.82) is 0 Å². The first-order valence-electron chi connectivity index (χ1n) is 7.44. The first-order chi connectivity index (χ1) is 11.2. The van der Waals surface area contributed by atoms with Crippen molar-refractivity contribution in [2.75, 3.05) is 0 Å². The molecule has 2 unspecified atom stereocenters. The molecule has 118 valence electrons. The molecule has 1 aliphatic heterocycles. The molecule has 2 aromatic rings. The van der Waals surface area contributed by atoms with Crippen molar-refractivity contribution in [1.82, 2.24) is 5.32 Å². The summed E-state index contributed by atoms with van der Waals surface area (Å²) in [6.45, 7) is 0.143. The van der Waals surface area contributed by atoms with Gasteiger partial charge in [0.05, 0.1) is 12.5 Å². The summed E-state index contributed by atoms with van der Waals surface area (Å²) < 4.78 is 10.4. The van der Waals surface area contributed by atoms with Crippen LogP contribution in [0.15, 0.2) is 60.7 Å². The van der Waals surface area contributed by atoms with E-state index < -0.39 is 12.3 Å². The Balaban J connectivity index is 1.59. The number of ether oxygens (including phenoxy) is 2. The van der Waals surface area contributed by atoms with Gasteiger partial charge < -0.3 is 14.8 Å². The van der Waals surface area contributed by atoms with Gasteiger partial charge in [0.2, 0.25) is 5.91 Å². The van der Waals surface area contributed by atoms with Crippen molar-refractivity contribution in [2.24, 2.45) is 0 Å². The largest absolute Gasteiger partial charge is 0.508 e. The number of hydrogen-bond acceptors (Lipinski definition) is 4. The molecule has 5 nitrogen and oxygen atoms in total. The van der Waals surface area contributed by atoms with Gasteiger partial charge in [-0.05, 0) is 11.1 Å². The minimum absolute atomic E-state index is 0.139. The first kappa shape index (κ1) is 15.1. The molecule has 1 fully saturated rings. The molecule has 1 saturated heterocycles. The van der Waals surface area contributed by atoms with Crippen LogP contribution < -0.4 is 5.32 Å². The second-order valence-electron chi connectivity index (χ2n) is 5.34. The van der Waals surface area contributed by atoms with Crippen LogP contribution >= 0.6 is 0 Å². The van der Waals surface area contributed by atoms with Gasteiger partial charge in [0.25, 0.3) is 0 Å². The Bertz CT molecular complexity index is 672. The molecule has 23 heavy (non-hydrogen) atoms. The molecule has 1 amide bonds. The van der Waals surface area contributed by atoms with Crippen LogP contribution in [0.4, 0.5) is 4.79 Å². The highest BCUT2D eigenvalue weighted by Crippen LogP contribution is 2.27. The third kappa shape index (κ3) is 3.88. The molecule has 1 aliphatic rings. The second kappa shape index (κ2) is 6.96. The minimum Gasteiger partial charge on any atom is -0.429 e. The van der Waals surface area contributed by atoms with Crippen LogP contribution in [-0.4, -0.2) is 18.2 Å². The molecule has 0 spiro atoms. The van der Waals surface area contributed by atoms with Gasteiger partial charge in [-0.15, -0.1) is 0 Å². The summed E-state index contributed by atoms with van der Waals surface area (Å²) in [7, 11) is 0. The van der Waals surface area contributed by atoms with Crippen LogP contribution in [0.2, 0.25) is 0 Å². The molecular weight excluding hydrogens is 294 g/mol. The van der Waals surface area contributed by atoms with Crippen molar-refractivity contribution in [3.8, 4) is 0 Å². The van der Waals surface area contributed by atoms with Gasteiger partial charge in [-0.25, -0.2) is 4.79 Å². The van der Waals surface area contributed by atoms with E-state index in [9.17, 15) is 9.59 Å². The summed E-state index contributed by atoms with van der Waals surface area (Å²) in [6, 6.07) is 18.4. The van der Waals surface area contributed by atoms with E-state index in [2.05, 4.69) is 5.32 Å². The lowest BCUT2D eigenvalue weighted by atomic mass is 10.0. The van der Waals surface area contributed by atoms with Gasteiger partial charge in [-0.1, -0.05) is 60.7 Å². The second-order valence-corrected chi connectivity index (χ2v) is 5.34. The number of amides is 1. The maximum atomic E-state index is 11.9. The molecule has 0 saturated carbocycles. The Hall–Kier alpha value is -2.82. The fourth-order valence-corrected chi connectivity index (χ4v) is 2.57. The minimum atomic E-state index is -0.767. The third-order valence-electron chi connectivity index (χ3n) is 3.68. The molecule has 1 heterocycles. The summed E-state index contributed by atoms with van der Waals surface area (Å²) in [5.74, 6) is -0.139. The quantitative estimate of drug-likeness (QED) is 0.882. The van der Waals surface area contributed by atoms with E-state index in [0.29, 0.717) is 0 Å². The average molecular weight is 311 g/mol. The Kier molecular flexibility index (Phi) is 4.57. The zero-order chi connectivity index (χ0) is 16.1. The summed E-state index contributed by atoms with van der Waals surface area (Å²) in [6.07, 6.45) is -1.19. The number of rotatable bonds is 4. The van der Waals surface area contributed by atoms with E-state index >= 15 is 0 Å². The van der Waals surface area contributed by atoms with Crippen molar-refractivity contribution < 1.29 is 19.1 Å². The zero-order valence-electron chi connectivity index (χ0n) is 12.5. The molecule has 2 atom stereocenters. The highest BCUT2D eigenvalue weighted by Gasteiger charge is 2.36. The molecule has 0 aliphatic carbocycles. The highest BCUT2D eigenvalue weighted by atomic mass is 16.7. The van der Waals surface area contributed by atoms with Crippen LogP contribution in [0, 0.1) is 0 Å². The highest BCUT2D eigenvalue weighted by molar-refractivity contribution is 5.80. The maximum Gasteiger partial charge on any atom is 0.508 e. The predicted molar refractivity (Wildman–Crippen MR) is 83.4 cm³/mol. The molecule has 1 N–H and O–H groups in total. The lowest BCUT2D eigenvalue weighted by Crippen LogP contribution is -2.26. The van der Waals surface area contributed by atoms with Crippen molar-refractivity contribution >= 4 is 12.1 Å². The fraction of sp³-hybridized carbons (Fsp3) is 0.222. The van der Waals surface area contributed by atoms with Crippen LogP contribution in [0.25, 0.3) is 0 Å². The molecule has 0 radical (unpaired) electrons. The van der Waals surface area contributed by atoms with Gasteiger partial charge in [0.1, 0.15) is 12.7 Å². The number of carbonyl (C=O) groups excluding carboxylic acids is 2. The first-order valence-corrected chi connectivity index (χ1v) is 7.44. The molecule has 5 heteroatoms. The Morgan fingerprint density at radius 2 is 1.70 bits per heavy atom. The number of hydrogen-bond donors (Lipinski definition) is 1. The lowest BCUT2D eigenvalue weighted by Gasteiger charge is -2.19. The van der Waals surface area contributed by atoms with Crippen molar-refractivity contribution in [3.63, 3.8) is 0 Å². The molecule has 2 aromatic carbocycles. The summed E-state index contributed by atoms with van der Waals surface area (Å²) in [5.41, 5.74) is 1.78. The molecular formula is C18H17NO4. The topological polar surface area (TPSA) is 64.6 Å². The van der Waals surface area contributed by atoms with Gasteiger partial charge in [0.15, 0.2) is 0 Å². The van der Waals surface area contributed by atoms with Crippen LogP contribution in [0.1, 0.15) is 23.6 Å². The van der Waals surface area contributed by atoms with Crippen molar-refractivity contribution in [3.05, 3.63) is 71.8 Å². The molecule has 0 bridgehead atoms. The fourth-order valence-electron chi connectivity index (χ4n) is 2.57. The van der Waals surface area contributed by atoms with Crippen LogP contribution in [0.3, 0.4) is 0 Å². The zero-order valence-corrected chi connectivity index (χ0v) is 12.5. The third-order valence-corrected chi connectivity index (χ3v) is 3.68. The van der Waals surface area contributed by atoms with E-state index in [1.54, 1.807) is 0 Å². The van der Waals surface area contributed by atoms with E-state index in [1.165, 1.54) is 0 Å². The smallest absolute Gasteiger partial charge is 0.429 e. The Morgan fingerprint density at radius 3 is 2.39 bits per heavy atom. The molecule has 3 rings (SSSR count). The van der Waals surface area contributed by atoms with Gasteiger partial charge in [-0.3, -0.25) is 4.79 Å². The van der Waals surface area contributed by atoms with E-state index in [4.69, 9.17) is 9.47 Å². The summed E-state index contributed by atoms with van der Waals surface area (Å²) in [4.78, 5) is 23.5. The van der Waals surface area contributed by atoms with Crippen LogP contribution in [0.5, 0.6) is 0 Å². The van der Waals surface area contributed by atoms with E-state index in [-0.39, 0.29) is 25.0 Å². The van der Waals surface area contributed by atoms with Crippen molar-refractivity contribution in [2.45, 2.75) is 25.2 Å². The van der Waals surface area contributed by atoms with Gasteiger partial charge in [0, 0.05) is 0 Å². The van der Waals surface area contributed by atoms with Gasteiger partial charge in [-0.2, -0.15) is 0 Å². The monoisotopic (exact) mass is 311 g/mol. The SMILES string of the molecule is O=C1CC(OC(=O)OCc2ccccc2)C(c2ccccc2)N1. The normalized spacial score (nSPS) is 19.9. The average Bonchev–Trinajstić information content (AvgIpc) is 2.95. The van der Waals surface area contributed by atoms with Gasteiger partial charge >= 0.3 is 6.16 Å². The standard InChI is InChI=1S/C18H17NO4/c20-16-11-15(17(19-16)14-9-5-2-6-10-14)23-18(21)22-12-13-7-3-1-4-8-13/h1-10,15,17H,11-12H2,(H,19,20). The Labute approximate surface area is 134 Å². The Morgan fingerprint density at radius 1 is 1.04 bits per heavy atom. The molecule has 0 aromatic heterocycles. The number of carbonyl (C=O) groups is 2.